The number of benzene rings is 2. The summed E-state index contributed by atoms with van der Waals surface area (Å²) in [4.78, 5) is 30.3. The molecule has 2 N–H and O–H groups in total. The van der Waals surface area contributed by atoms with Crippen molar-refractivity contribution in [3.05, 3.63) is 58.9 Å². The highest BCUT2D eigenvalue weighted by Crippen LogP contribution is 2.31. The maximum atomic E-state index is 12.7. The van der Waals surface area contributed by atoms with Gasteiger partial charge in [0.25, 0.3) is 0 Å². The molecule has 0 saturated heterocycles. The number of rotatable bonds is 7. The molecule has 1 heterocycles. The minimum absolute atomic E-state index is 0.0245. The van der Waals surface area contributed by atoms with Crippen molar-refractivity contribution in [2.24, 2.45) is 5.41 Å². The molecule has 2 aromatic carbocycles. The maximum Gasteiger partial charge on any atom is 0.239 e. The van der Waals surface area contributed by atoms with E-state index in [1.165, 1.54) is 23.1 Å². The Balaban J connectivity index is 1.59. The van der Waals surface area contributed by atoms with Crippen molar-refractivity contribution in [2.75, 3.05) is 10.6 Å². The van der Waals surface area contributed by atoms with Gasteiger partial charge in [-0.25, -0.2) is 4.98 Å². The third-order valence-electron chi connectivity index (χ3n) is 4.37. The van der Waals surface area contributed by atoms with E-state index in [2.05, 4.69) is 15.6 Å². The van der Waals surface area contributed by atoms with Crippen LogP contribution in [0.5, 0.6) is 0 Å². The standard InChI is InChI=1S/C24H26ClN3O2S2/c1-15(32-17-9-7-8-16(12-17)26-21(29)13-24(2,3)4)22(30)28-23-27-20(14-31-23)18-10-5-6-11-19(18)25/h5-12,14-15H,13H2,1-4H3,(H,26,29)(H,27,28,30). The third kappa shape index (κ3) is 7.08. The summed E-state index contributed by atoms with van der Waals surface area (Å²) in [6, 6.07) is 15.0. The number of halogens is 1. The molecule has 0 aliphatic carbocycles. The van der Waals surface area contributed by atoms with Crippen molar-refractivity contribution in [2.45, 2.75) is 44.3 Å². The van der Waals surface area contributed by atoms with E-state index in [9.17, 15) is 9.59 Å². The molecule has 3 aromatic rings. The van der Waals surface area contributed by atoms with E-state index in [0.29, 0.717) is 16.6 Å². The van der Waals surface area contributed by atoms with Crippen molar-refractivity contribution in [1.29, 1.82) is 0 Å². The van der Waals surface area contributed by atoms with Gasteiger partial charge in [-0.2, -0.15) is 0 Å². The molecule has 1 atom stereocenters. The molecular weight excluding hydrogens is 462 g/mol. The molecule has 168 valence electrons. The highest BCUT2D eigenvalue weighted by Gasteiger charge is 2.18. The van der Waals surface area contributed by atoms with Gasteiger partial charge in [-0.15, -0.1) is 23.1 Å². The van der Waals surface area contributed by atoms with Gasteiger partial charge in [0.2, 0.25) is 11.8 Å². The summed E-state index contributed by atoms with van der Waals surface area (Å²) >= 11 is 9.02. The summed E-state index contributed by atoms with van der Waals surface area (Å²) < 4.78 is 0. The number of hydrogen-bond donors (Lipinski definition) is 2. The lowest BCUT2D eigenvalue weighted by Gasteiger charge is -2.17. The van der Waals surface area contributed by atoms with Crippen LogP contribution in [0.1, 0.15) is 34.1 Å². The molecule has 0 bridgehead atoms. The lowest BCUT2D eigenvalue weighted by atomic mass is 9.92. The van der Waals surface area contributed by atoms with E-state index in [0.717, 1.165) is 21.8 Å². The first-order chi connectivity index (χ1) is 15.1. The van der Waals surface area contributed by atoms with Crippen LogP contribution >= 0.6 is 34.7 Å². The van der Waals surface area contributed by atoms with E-state index in [1.54, 1.807) is 0 Å². The molecule has 1 aromatic heterocycles. The minimum Gasteiger partial charge on any atom is -0.326 e. The molecule has 0 aliphatic heterocycles. The van der Waals surface area contributed by atoms with Gasteiger partial charge in [0, 0.05) is 33.0 Å². The average Bonchev–Trinajstić information content (AvgIpc) is 3.15. The largest absolute Gasteiger partial charge is 0.326 e. The average molecular weight is 488 g/mol. The Morgan fingerprint density at radius 2 is 1.88 bits per heavy atom. The predicted molar refractivity (Wildman–Crippen MR) is 136 cm³/mol. The van der Waals surface area contributed by atoms with E-state index in [4.69, 9.17) is 11.6 Å². The van der Waals surface area contributed by atoms with Crippen LogP contribution in [0.3, 0.4) is 0 Å². The van der Waals surface area contributed by atoms with E-state index >= 15 is 0 Å². The second-order valence-electron chi connectivity index (χ2n) is 8.58. The lowest BCUT2D eigenvalue weighted by Crippen LogP contribution is -2.22. The molecule has 0 radical (unpaired) electrons. The van der Waals surface area contributed by atoms with Crippen LogP contribution < -0.4 is 10.6 Å². The molecule has 8 heteroatoms. The van der Waals surface area contributed by atoms with Crippen LogP contribution in [-0.4, -0.2) is 22.0 Å². The number of thiazole rings is 1. The first kappa shape index (κ1) is 24.3. The number of nitrogens with one attached hydrogen (secondary N) is 2. The summed E-state index contributed by atoms with van der Waals surface area (Å²) in [6.07, 6.45) is 0.438. The van der Waals surface area contributed by atoms with Crippen molar-refractivity contribution < 1.29 is 9.59 Å². The Bertz CT molecular complexity index is 1110. The number of nitrogens with zero attached hydrogens (tertiary/aromatic N) is 1. The van der Waals surface area contributed by atoms with Crippen LogP contribution in [0.2, 0.25) is 5.02 Å². The summed E-state index contributed by atoms with van der Waals surface area (Å²) in [5, 5.41) is 8.49. The van der Waals surface area contributed by atoms with Crippen LogP contribution in [-0.2, 0) is 9.59 Å². The molecule has 0 spiro atoms. The lowest BCUT2D eigenvalue weighted by molar-refractivity contribution is -0.118. The Kier molecular flexibility index (Phi) is 7.98. The second-order valence-corrected chi connectivity index (χ2v) is 11.3. The number of hydrogen-bond acceptors (Lipinski definition) is 5. The fourth-order valence-electron chi connectivity index (χ4n) is 2.92. The fourth-order valence-corrected chi connectivity index (χ4v) is 4.79. The topological polar surface area (TPSA) is 71.1 Å². The zero-order valence-electron chi connectivity index (χ0n) is 18.4. The van der Waals surface area contributed by atoms with Crippen molar-refractivity contribution in [3.63, 3.8) is 0 Å². The quantitative estimate of drug-likeness (QED) is 0.353. The van der Waals surface area contributed by atoms with Gasteiger partial charge in [-0.3, -0.25) is 9.59 Å². The molecule has 5 nitrogen and oxygen atoms in total. The zero-order chi connectivity index (χ0) is 23.3. The Hall–Kier alpha value is -2.35. The molecule has 32 heavy (non-hydrogen) atoms. The predicted octanol–water partition coefficient (Wildman–Crippen LogP) is 6.96. The zero-order valence-corrected chi connectivity index (χ0v) is 20.8. The van der Waals surface area contributed by atoms with Crippen molar-refractivity contribution in [3.8, 4) is 11.3 Å². The summed E-state index contributed by atoms with van der Waals surface area (Å²) in [7, 11) is 0. The van der Waals surface area contributed by atoms with E-state index in [-0.39, 0.29) is 22.5 Å². The molecule has 2 amide bonds. The van der Waals surface area contributed by atoms with E-state index in [1.807, 2.05) is 81.6 Å². The van der Waals surface area contributed by atoms with E-state index < -0.39 is 0 Å². The van der Waals surface area contributed by atoms with Crippen LogP contribution in [0.4, 0.5) is 10.8 Å². The van der Waals surface area contributed by atoms with Gasteiger partial charge in [0.1, 0.15) is 0 Å². The number of carbonyl (C=O) groups is 2. The second kappa shape index (κ2) is 10.5. The highest BCUT2D eigenvalue weighted by molar-refractivity contribution is 8.00. The van der Waals surface area contributed by atoms with Gasteiger partial charge in [-0.05, 0) is 36.6 Å². The number of aromatic nitrogens is 1. The monoisotopic (exact) mass is 487 g/mol. The number of amides is 2. The smallest absolute Gasteiger partial charge is 0.239 e. The molecule has 0 saturated carbocycles. The van der Waals surface area contributed by atoms with Crippen molar-refractivity contribution >= 4 is 57.3 Å². The fraction of sp³-hybridized carbons (Fsp3) is 0.292. The first-order valence-electron chi connectivity index (χ1n) is 10.2. The number of thioether (sulfide) groups is 1. The molecule has 1 unspecified atom stereocenters. The first-order valence-corrected chi connectivity index (χ1v) is 12.3. The minimum atomic E-state index is -0.344. The molecule has 0 aliphatic rings. The van der Waals surface area contributed by atoms with Gasteiger partial charge in [0.05, 0.1) is 10.9 Å². The van der Waals surface area contributed by atoms with Gasteiger partial charge >= 0.3 is 0 Å². The summed E-state index contributed by atoms with van der Waals surface area (Å²) in [6.45, 7) is 7.92. The Labute approximate surface area is 202 Å². The van der Waals surface area contributed by atoms with Crippen molar-refractivity contribution in [1.82, 2.24) is 4.98 Å². The van der Waals surface area contributed by atoms with Crippen LogP contribution in [0, 0.1) is 5.41 Å². The molecule has 0 fully saturated rings. The summed E-state index contributed by atoms with van der Waals surface area (Å²) in [5.41, 5.74) is 2.21. The summed E-state index contributed by atoms with van der Waals surface area (Å²) in [5.74, 6) is -0.166. The van der Waals surface area contributed by atoms with Gasteiger partial charge in [-0.1, -0.05) is 56.6 Å². The highest BCUT2D eigenvalue weighted by atomic mass is 35.5. The molecule has 3 rings (SSSR count). The molecular formula is C24H26ClN3O2S2. The van der Waals surface area contributed by atoms with Crippen LogP contribution in [0.25, 0.3) is 11.3 Å². The number of anilines is 2. The van der Waals surface area contributed by atoms with Gasteiger partial charge < -0.3 is 10.6 Å². The third-order valence-corrected chi connectivity index (χ3v) is 6.56. The normalized spacial score (nSPS) is 12.3. The maximum absolute atomic E-state index is 12.7. The SMILES string of the molecule is CC(Sc1cccc(NC(=O)CC(C)(C)C)c1)C(=O)Nc1nc(-c2ccccc2Cl)cs1. The Morgan fingerprint density at radius 3 is 2.59 bits per heavy atom. The Morgan fingerprint density at radius 1 is 1.12 bits per heavy atom. The number of carbonyl (C=O) groups excluding carboxylic acids is 2. The van der Waals surface area contributed by atoms with Gasteiger partial charge in [0.15, 0.2) is 5.13 Å². The van der Waals surface area contributed by atoms with Crippen LogP contribution in [0.15, 0.2) is 58.8 Å².